The van der Waals surface area contributed by atoms with Crippen LogP contribution < -0.4 is 0 Å². The zero-order chi connectivity index (χ0) is 15.8. The van der Waals surface area contributed by atoms with Crippen molar-refractivity contribution in [1.29, 1.82) is 0 Å². The highest BCUT2D eigenvalue weighted by Crippen LogP contribution is 2.17. The summed E-state index contributed by atoms with van der Waals surface area (Å²) >= 11 is 0. The van der Waals surface area contributed by atoms with Crippen molar-refractivity contribution < 1.29 is 4.74 Å². The summed E-state index contributed by atoms with van der Waals surface area (Å²) in [5, 5.41) is 0. The Bertz CT molecular complexity index is 229. The second kappa shape index (κ2) is 15.7. The molecule has 0 unspecified atom stereocenters. The fraction of sp³-hybridized carbons (Fsp3) is 0.800. The van der Waals surface area contributed by atoms with Gasteiger partial charge >= 0.3 is 0 Å². The van der Waals surface area contributed by atoms with Gasteiger partial charge in [-0.3, -0.25) is 0 Å². The number of unbranched alkanes of at least 4 members (excludes halogenated alkanes) is 10. The first-order valence-corrected chi connectivity index (χ1v) is 9.24. The highest BCUT2D eigenvalue weighted by Gasteiger charge is 2.01. The van der Waals surface area contributed by atoms with Crippen LogP contribution in [0, 0.1) is 0 Å². The Morgan fingerprint density at radius 1 is 0.571 bits per heavy atom. The molecule has 0 aliphatic rings. The molecule has 0 aliphatic heterocycles. The van der Waals surface area contributed by atoms with Crippen molar-refractivity contribution in [3.8, 4) is 0 Å². The minimum atomic E-state index is 0.904. The van der Waals surface area contributed by atoms with Crippen LogP contribution in [0.15, 0.2) is 24.7 Å². The second-order valence-corrected chi connectivity index (χ2v) is 6.21. The molecule has 0 aliphatic carbocycles. The fourth-order valence-corrected chi connectivity index (χ4v) is 2.51. The van der Waals surface area contributed by atoms with Gasteiger partial charge in [-0.15, -0.1) is 0 Å². The standard InChI is InChI=1S/C20H38O/c1-5-7-9-11-13-15-17-19(3)21-20(4)18-16-14-12-10-8-6-2/h3-18H2,1-2H3. The summed E-state index contributed by atoms with van der Waals surface area (Å²) < 4.78 is 5.72. The van der Waals surface area contributed by atoms with Gasteiger partial charge in [0, 0.05) is 12.8 Å². The lowest BCUT2D eigenvalue weighted by atomic mass is 10.1. The van der Waals surface area contributed by atoms with Crippen LogP contribution in [0.5, 0.6) is 0 Å². The predicted molar refractivity (Wildman–Crippen MR) is 95.4 cm³/mol. The summed E-state index contributed by atoms with van der Waals surface area (Å²) in [6.45, 7) is 12.5. The first-order valence-electron chi connectivity index (χ1n) is 9.24. The maximum atomic E-state index is 5.72. The lowest BCUT2D eigenvalue weighted by molar-refractivity contribution is 0.274. The Morgan fingerprint density at radius 2 is 0.905 bits per heavy atom. The molecule has 1 nitrogen and oxygen atoms in total. The predicted octanol–water partition coefficient (Wildman–Crippen LogP) is 7.53. The van der Waals surface area contributed by atoms with E-state index in [2.05, 4.69) is 27.0 Å². The Kier molecular flexibility index (Phi) is 15.1. The molecule has 21 heavy (non-hydrogen) atoms. The van der Waals surface area contributed by atoms with E-state index in [9.17, 15) is 0 Å². The van der Waals surface area contributed by atoms with Crippen molar-refractivity contribution in [3.63, 3.8) is 0 Å². The largest absolute Gasteiger partial charge is 0.467 e. The van der Waals surface area contributed by atoms with Gasteiger partial charge in [0.15, 0.2) is 0 Å². The van der Waals surface area contributed by atoms with Crippen LogP contribution in [0.3, 0.4) is 0 Å². The van der Waals surface area contributed by atoms with E-state index in [1.165, 1.54) is 77.0 Å². The van der Waals surface area contributed by atoms with E-state index in [1.54, 1.807) is 0 Å². The molecular weight excluding hydrogens is 256 g/mol. The summed E-state index contributed by atoms with van der Waals surface area (Å²) in [6, 6.07) is 0. The molecule has 0 saturated carbocycles. The summed E-state index contributed by atoms with van der Waals surface area (Å²) in [7, 11) is 0. The minimum absolute atomic E-state index is 0.904. The van der Waals surface area contributed by atoms with E-state index in [1.807, 2.05) is 0 Å². The molecule has 0 amide bonds. The Morgan fingerprint density at radius 3 is 1.29 bits per heavy atom. The zero-order valence-electron chi connectivity index (χ0n) is 14.7. The van der Waals surface area contributed by atoms with Crippen LogP contribution >= 0.6 is 0 Å². The molecule has 0 rings (SSSR count). The van der Waals surface area contributed by atoms with Crippen molar-refractivity contribution in [2.75, 3.05) is 0 Å². The first kappa shape index (κ1) is 20.3. The van der Waals surface area contributed by atoms with E-state index in [0.29, 0.717) is 0 Å². The molecule has 0 heterocycles. The van der Waals surface area contributed by atoms with E-state index in [-0.39, 0.29) is 0 Å². The highest BCUT2D eigenvalue weighted by molar-refractivity contribution is 4.93. The van der Waals surface area contributed by atoms with Crippen molar-refractivity contribution in [3.05, 3.63) is 24.7 Å². The van der Waals surface area contributed by atoms with Crippen LogP contribution in [-0.2, 0) is 4.74 Å². The average Bonchev–Trinajstić information content (AvgIpc) is 2.46. The van der Waals surface area contributed by atoms with Gasteiger partial charge in [0.25, 0.3) is 0 Å². The average molecular weight is 295 g/mol. The van der Waals surface area contributed by atoms with Crippen molar-refractivity contribution >= 4 is 0 Å². The number of hydrogen-bond donors (Lipinski definition) is 0. The summed E-state index contributed by atoms with van der Waals surface area (Å²) in [6.07, 6.45) is 17.8. The maximum absolute atomic E-state index is 5.72. The number of rotatable bonds is 16. The third-order valence-corrected chi connectivity index (χ3v) is 3.91. The van der Waals surface area contributed by atoms with Crippen LogP contribution in [0.25, 0.3) is 0 Å². The summed E-state index contributed by atoms with van der Waals surface area (Å²) in [4.78, 5) is 0. The molecule has 0 aromatic rings. The summed E-state index contributed by atoms with van der Waals surface area (Å²) in [5.41, 5.74) is 0. The molecule has 1 heteroatoms. The van der Waals surface area contributed by atoms with E-state index in [4.69, 9.17) is 4.74 Å². The molecule has 0 bridgehead atoms. The van der Waals surface area contributed by atoms with Crippen LogP contribution in [0.1, 0.15) is 104 Å². The number of ether oxygens (including phenoxy) is 1. The molecule has 0 radical (unpaired) electrons. The monoisotopic (exact) mass is 294 g/mol. The zero-order valence-corrected chi connectivity index (χ0v) is 14.7. The fourth-order valence-electron chi connectivity index (χ4n) is 2.51. The molecular formula is C20H38O. The highest BCUT2D eigenvalue weighted by atomic mass is 16.5. The van der Waals surface area contributed by atoms with Gasteiger partial charge in [-0.1, -0.05) is 91.2 Å². The normalized spacial score (nSPS) is 10.6. The molecule has 0 saturated heterocycles. The van der Waals surface area contributed by atoms with Gasteiger partial charge < -0.3 is 4.74 Å². The minimum Gasteiger partial charge on any atom is -0.467 e. The number of hydrogen-bond acceptors (Lipinski definition) is 1. The quantitative estimate of drug-likeness (QED) is 0.211. The lowest BCUT2D eigenvalue weighted by Gasteiger charge is -2.11. The Labute approximate surface area is 133 Å². The van der Waals surface area contributed by atoms with Crippen molar-refractivity contribution in [2.24, 2.45) is 0 Å². The molecule has 124 valence electrons. The molecule has 0 N–H and O–H groups in total. The molecule has 0 spiro atoms. The van der Waals surface area contributed by atoms with Gasteiger partial charge in [0.1, 0.15) is 0 Å². The van der Waals surface area contributed by atoms with E-state index >= 15 is 0 Å². The van der Waals surface area contributed by atoms with Crippen LogP contribution in [-0.4, -0.2) is 0 Å². The third-order valence-electron chi connectivity index (χ3n) is 3.91. The van der Waals surface area contributed by atoms with Crippen molar-refractivity contribution in [2.45, 2.75) is 104 Å². The smallest absolute Gasteiger partial charge is 0.0964 e. The Balaban J connectivity index is 3.38. The Hall–Kier alpha value is -0.720. The van der Waals surface area contributed by atoms with E-state index in [0.717, 1.165) is 24.4 Å². The molecule has 0 aromatic heterocycles. The number of allylic oxidation sites excluding steroid dienone is 2. The van der Waals surface area contributed by atoms with Crippen molar-refractivity contribution in [1.82, 2.24) is 0 Å². The van der Waals surface area contributed by atoms with Gasteiger partial charge in [0.2, 0.25) is 0 Å². The second-order valence-electron chi connectivity index (χ2n) is 6.21. The first-order chi connectivity index (χ1) is 10.2. The molecule has 0 aromatic carbocycles. The topological polar surface area (TPSA) is 9.23 Å². The van der Waals surface area contributed by atoms with Gasteiger partial charge in [-0.2, -0.15) is 0 Å². The van der Waals surface area contributed by atoms with Gasteiger partial charge in [0.05, 0.1) is 11.5 Å². The van der Waals surface area contributed by atoms with Crippen LogP contribution in [0.4, 0.5) is 0 Å². The molecule has 0 atom stereocenters. The van der Waals surface area contributed by atoms with Gasteiger partial charge in [-0.05, 0) is 12.8 Å². The van der Waals surface area contributed by atoms with E-state index < -0.39 is 0 Å². The SMILES string of the molecule is C=C(CCCCCCCC)OC(=C)CCCCCCCC. The molecule has 0 fully saturated rings. The van der Waals surface area contributed by atoms with Crippen LogP contribution in [0.2, 0.25) is 0 Å². The lowest BCUT2D eigenvalue weighted by Crippen LogP contribution is -1.92. The summed E-state index contributed by atoms with van der Waals surface area (Å²) in [5.74, 6) is 1.81. The maximum Gasteiger partial charge on any atom is 0.0964 e. The third kappa shape index (κ3) is 15.5. The van der Waals surface area contributed by atoms with Gasteiger partial charge in [-0.25, -0.2) is 0 Å².